The molecule has 20 heavy (non-hydrogen) atoms. The van der Waals surface area contributed by atoms with E-state index < -0.39 is 0 Å². The van der Waals surface area contributed by atoms with Crippen LogP contribution in [0, 0.1) is 11.8 Å². The minimum absolute atomic E-state index is 0.587. The van der Waals surface area contributed by atoms with E-state index in [1.165, 1.54) is 37.7 Å². The fourth-order valence-corrected chi connectivity index (χ4v) is 3.06. The third-order valence-corrected chi connectivity index (χ3v) is 4.54. The Labute approximate surface area is 123 Å². The van der Waals surface area contributed by atoms with Gasteiger partial charge in [-0.2, -0.15) is 0 Å². The van der Waals surface area contributed by atoms with Crippen molar-refractivity contribution in [2.24, 2.45) is 17.6 Å². The molecule has 1 aliphatic carbocycles. The molecule has 0 spiro atoms. The molecule has 0 aliphatic heterocycles. The third-order valence-electron chi connectivity index (χ3n) is 4.54. The SMILES string of the molecule is CC[C@H](CN)Cc1cccc(OCC2CCCCC2)c1. The first-order valence-corrected chi connectivity index (χ1v) is 8.23. The van der Waals surface area contributed by atoms with Gasteiger partial charge in [0.25, 0.3) is 0 Å². The predicted molar refractivity (Wildman–Crippen MR) is 85.1 cm³/mol. The van der Waals surface area contributed by atoms with Gasteiger partial charge in [0.05, 0.1) is 6.61 Å². The summed E-state index contributed by atoms with van der Waals surface area (Å²) in [5.41, 5.74) is 7.14. The lowest BCUT2D eigenvalue weighted by atomic mass is 9.90. The van der Waals surface area contributed by atoms with Crippen LogP contribution in [0.15, 0.2) is 24.3 Å². The molecular formula is C18H29NO. The molecule has 1 fully saturated rings. The molecule has 1 atom stereocenters. The molecule has 2 nitrogen and oxygen atoms in total. The lowest BCUT2D eigenvalue weighted by molar-refractivity contribution is 0.208. The molecule has 1 aromatic carbocycles. The monoisotopic (exact) mass is 275 g/mol. The number of hydrogen-bond donors (Lipinski definition) is 1. The van der Waals surface area contributed by atoms with E-state index in [0.29, 0.717) is 5.92 Å². The molecule has 0 heterocycles. The van der Waals surface area contributed by atoms with Crippen LogP contribution in [0.4, 0.5) is 0 Å². The van der Waals surface area contributed by atoms with Crippen molar-refractivity contribution in [3.05, 3.63) is 29.8 Å². The van der Waals surface area contributed by atoms with Crippen molar-refractivity contribution in [3.63, 3.8) is 0 Å². The number of ether oxygens (including phenoxy) is 1. The Morgan fingerprint density at radius 1 is 1.25 bits per heavy atom. The van der Waals surface area contributed by atoms with Crippen LogP contribution in [-0.2, 0) is 6.42 Å². The van der Waals surface area contributed by atoms with Gasteiger partial charge in [-0.05, 0) is 55.3 Å². The van der Waals surface area contributed by atoms with Crippen molar-refractivity contribution in [3.8, 4) is 5.75 Å². The molecule has 0 saturated heterocycles. The maximum Gasteiger partial charge on any atom is 0.119 e. The molecule has 2 heteroatoms. The van der Waals surface area contributed by atoms with E-state index in [1.54, 1.807) is 0 Å². The van der Waals surface area contributed by atoms with Crippen LogP contribution in [0.25, 0.3) is 0 Å². The largest absolute Gasteiger partial charge is 0.493 e. The van der Waals surface area contributed by atoms with Crippen LogP contribution in [0.1, 0.15) is 51.0 Å². The third kappa shape index (κ3) is 4.82. The highest BCUT2D eigenvalue weighted by Gasteiger charge is 2.14. The Balaban J connectivity index is 1.85. The molecule has 112 valence electrons. The molecule has 1 aliphatic rings. The summed E-state index contributed by atoms with van der Waals surface area (Å²) in [5, 5.41) is 0. The zero-order valence-corrected chi connectivity index (χ0v) is 12.8. The average molecular weight is 275 g/mol. The first-order valence-electron chi connectivity index (χ1n) is 8.23. The van der Waals surface area contributed by atoms with Crippen molar-refractivity contribution in [1.29, 1.82) is 0 Å². The van der Waals surface area contributed by atoms with Crippen LogP contribution in [0.5, 0.6) is 5.75 Å². The van der Waals surface area contributed by atoms with E-state index >= 15 is 0 Å². The van der Waals surface area contributed by atoms with Gasteiger partial charge in [0.15, 0.2) is 0 Å². The maximum absolute atomic E-state index is 6.00. The minimum atomic E-state index is 0.587. The highest BCUT2D eigenvalue weighted by Crippen LogP contribution is 2.25. The molecule has 0 radical (unpaired) electrons. The number of benzene rings is 1. The summed E-state index contributed by atoms with van der Waals surface area (Å²) in [6.07, 6.45) is 9.04. The van der Waals surface area contributed by atoms with Crippen molar-refractivity contribution in [2.45, 2.75) is 51.9 Å². The van der Waals surface area contributed by atoms with Crippen LogP contribution in [0.3, 0.4) is 0 Å². The Hall–Kier alpha value is -1.02. The Kier molecular flexibility index (Phi) is 6.38. The molecule has 0 amide bonds. The molecule has 0 unspecified atom stereocenters. The minimum Gasteiger partial charge on any atom is -0.493 e. The summed E-state index contributed by atoms with van der Waals surface area (Å²) in [6, 6.07) is 8.57. The van der Waals surface area contributed by atoms with Gasteiger partial charge in [0.2, 0.25) is 0 Å². The normalized spacial score (nSPS) is 17.9. The van der Waals surface area contributed by atoms with Crippen LogP contribution in [-0.4, -0.2) is 13.2 Å². The van der Waals surface area contributed by atoms with Crippen molar-refractivity contribution in [1.82, 2.24) is 0 Å². The van der Waals surface area contributed by atoms with E-state index in [0.717, 1.165) is 37.7 Å². The van der Waals surface area contributed by atoms with Crippen molar-refractivity contribution in [2.75, 3.05) is 13.2 Å². The number of rotatable bonds is 7. The fraction of sp³-hybridized carbons (Fsp3) is 0.667. The second kappa shape index (κ2) is 8.31. The first-order chi connectivity index (χ1) is 9.81. The highest BCUT2D eigenvalue weighted by molar-refractivity contribution is 5.28. The van der Waals surface area contributed by atoms with Gasteiger partial charge in [-0.1, -0.05) is 44.7 Å². The van der Waals surface area contributed by atoms with Crippen molar-refractivity contribution < 1.29 is 4.74 Å². The predicted octanol–water partition coefficient (Wildman–Crippen LogP) is 4.17. The van der Waals surface area contributed by atoms with Gasteiger partial charge >= 0.3 is 0 Å². The standard InChI is InChI=1S/C18H29NO/c1-2-15(13-19)11-17-9-6-10-18(12-17)20-14-16-7-4-3-5-8-16/h6,9-10,12,15-16H,2-5,7-8,11,13-14,19H2,1H3/t15-/m0/s1. The molecule has 2 rings (SSSR count). The van der Waals surface area contributed by atoms with Gasteiger partial charge < -0.3 is 10.5 Å². The number of nitrogens with two attached hydrogens (primary N) is 1. The van der Waals surface area contributed by atoms with E-state index in [2.05, 4.69) is 31.2 Å². The summed E-state index contributed by atoms with van der Waals surface area (Å²) < 4.78 is 6.00. The number of hydrogen-bond acceptors (Lipinski definition) is 2. The topological polar surface area (TPSA) is 35.2 Å². The van der Waals surface area contributed by atoms with E-state index in [9.17, 15) is 0 Å². The summed E-state index contributed by atoms with van der Waals surface area (Å²) in [4.78, 5) is 0. The summed E-state index contributed by atoms with van der Waals surface area (Å²) in [7, 11) is 0. The summed E-state index contributed by atoms with van der Waals surface area (Å²) in [5.74, 6) is 2.38. The van der Waals surface area contributed by atoms with Gasteiger partial charge in [-0.25, -0.2) is 0 Å². The van der Waals surface area contributed by atoms with Gasteiger partial charge in [-0.3, -0.25) is 0 Å². The average Bonchev–Trinajstić information content (AvgIpc) is 2.52. The van der Waals surface area contributed by atoms with E-state index in [1.807, 2.05) is 0 Å². The Morgan fingerprint density at radius 3 is 2.75 bits per heavy atom. The van der Waals surface area contributed by atoms with Crippen molar-refractivity contribution >= 4 is 0 Å². The maximum atomic E-state index is 6.00. The smallest absolute Gasteiger partial charge is 0.119 e. The first kappa shape index (κ1) is 15.4. The zero-order valence-electron chi connectivity index (χ0n) is 12.8. The highest BCUT2D eigenvalue weighted by atomic mass is 16.5. The lowest BCUT2D eigenvalue weighted by Gasteiger charge is -2.22. The summed E-state index contributed by atoms with van der Waals surface area (Å²) in [6.45, 7) is 3.86. The second-order valence-corrected chi connectivity index (χ2v) is 6.18. The van der Waals surface area contributed by atoms with Crippen LogP contribution in [0.2, 0.25) is 0 Å². The summed E-state index contributed by atoms with van der Waals surface area (Å²) >= 11 is 0. The molecular weight excluding hydrogens is 246 g/mol. The van der Waals surface area contributed by atoms with Gasteiger partial charge in [-0.15, -0.1) is 0 Å². The Morgan fingerprint density at radius 2 is 2.05 bits per heavy atom. The fourth-order valence-electron chi connectivity index (χ4n) is 3.06. The zero-order chi connectivity index (χ0) is 14.2. The molecule has 1 aromatic rings. The Bertz CT molecular complexity index is 381. The molecule has 0 aromatic heterocycles. The molecule has 2 N–H and O–H groups in total. The van der Waals surface area contributed by atoms with Crippen LogP contribution < -0.4 is 10.5 Å². The molecule has 1 saturated carbocycles. The van der Waals surface area contributed by atoms with Gasteiger partial charge in [0.1, 0.15) is 5.75 Å². The van der Waals surface area contributed by atoms with Crippen LogP contribution >= 0.6 is 0 Å². The molecule has 0 bridgehead atoms. The quantitative estimate of drug-likeness (QED) is 0.810. The van der Waals surface area contributed by atoms with E-state index in [-0.39, 0.29) is 0 Å². The second-order valence-electron chi connectivity index (χ2n) is 6.18. The van der Waals surface area contributed by atoms with E-state index in [4.69, 9.17) is 10.5 Å². The van der Waals surface area contributed by atoms with Gasteiger partial charge in [0, 0.05) is 0 Å². The lowest BCUT2D eigenvalue weighted by Crippen LogP contribution is -2.16.